The van der Waals surface area contributed by atoms with Gasteiger partial charge in [0, 0.05) is 52.5 Å². The lowest BCUT2D eigenvalue weighted by Crippen LogP contribution is -2.46. The van der Waals surface area contributed by atoms with Gasteiger partial charge < -0.3 is 19.7 Å². The Bertz CT molecular complexity index is 1060. The fourth-order valence-corrected chi connectivity index (χ4v) is 6.09. The van der Waals surface area contributed by atoms with Crippen molar-refractivity contribution in [1.82, 2.24) is 19.7 Å². The van der Waals surface area contributed by atoms with Gasteiger partial charge in [0.2, 0.25) is 0 Å². The second-order valence-corrected chi connectivity index (χ2v) is 10.4. The Hall–Kier alpha value is -2.36. The van der Waals surface area contributed by atoms with Crippen LogP contribution >= 0.6 is 0 Å². The summed E-state index contributed by atoms with van der Waals surface area (Å²) in [4.78, 5) is 17.7. The summed E-state index contributed by atoms with van der Waals surface area (Å²) < 4.78 is 29.5. The number of sulfonamides is 1. The molecule has 2 aromatic rings. The largest absolute Gasteiger partial charge is 0.351 e. The molecule has 0 spiro atoms. The maximum Gasteiger partial charge on any atom is 0.267 e. The van der Waals surface area contributed by atoms with Crippen molar-refractivity contribution >= 4 is 21.6 Å². The highest BCUT2D eigenvalue weighted by Gasteiger charge is 2.32. The summed E-state index contributed by atoms with van der Waals surface area (Å²) in [5.41, 5.74) is 2.11. The van der Waals surface area contributed by atoms with Gasteiger partial charge in [-0.25, -0.2) is 8.42 Å². The Kier molecular flexibility index (Phi) is 6.88. The number of aromatic nitrogens is 1. The minimum absolute atomic E-state index is 0.149. The molecule has 32 heavy (non-hydrogen) atoms. The summed E-state index contributed by atoms with van der Waals surface area (Å²) in [6.45, 7) is 9.58. The topological polar surface area (TPSA) is 77.9 Å². The predicted molar refractivity (Wildman–Crippen MR) is 126 cm³/mol. The normalized spacial score (nSPS) is 17.5. The number of amides is 1. The first kappa shape index (κ1) is 22.8. The number of para-hydroxylation sites is 1. The molecular formula is C23H33N5O3S. The zero-order chi connectivity index (χ0) is 22.7. The summed E-state index contributed by atoms with van der Waals surface area (Å²) in [7, 11) is -2.00. The van der Waals surface area contributed by atoms with Crippen LogP contribution in [0.15, 0.2) is 41.4 Å². The van der Waals surface area contributed by atoms with E-state index in [0.717, 1.165) is 56.9 Å². The maximum atomic E-state index is 13.2. The first-order valence-electron chi connectivity index (χ1n) is 11.4. The molecule has 2 aliphatic rings. The molecule has 0 aliphatic carbocycles. The lowest BCUT2D eigenvalue weighted by molar-refractivity contribution is 0.0940. The van der Waals surface area contributed by atoms with Gasteiger partial charge in [-0.2, -0.15) is 0 Å². The van der Waals surface area contributed by atoms with Gasteiger partial charge in [0.05, 0.1) is 5.69 Å². The lowest BCUT2D eigenvalue weighted by atomic mass is 10.2. The third-order valence-electron chi connectivity index (χ3n) is 6.49. The fourth-order valence-electron chi connectivity index (χ4n) is 4.51. The van der Waals surface area contributed by atoms with Gasteiger partial charge >= 0.3 is 0 Å². The fraction of sp³-hybridized carbons (Fsp3) is 0.522. The van der Waals surface area contributed by atoms with Crippen LogP contribution in [-0.2, 0) is 23.5 Å². The number of nitrogens with zero attached hydrogens (tertiary/aromatic N) is 4. The van der Waals surface area contributed by atoms with E-state index in [2.05, 4.69) is 22.0 Å². The number of hydrogen-bond donors (Lipinski definition) is 1. The monoisotopic (exact) mass is 459 g/mol. The minimum atomic E-state index is -3.71. The van der Waals surface area contributed by atoms with Crippen molar-refractivity contribution < 1.29 is 13.2 Å². The van der Waals surface area contributed by atoms with Gasteiger partial charge in [0.1, 0.15) is 10.6 Å². The van der Waals surface area contributed by atoms with Gasteiger partial charge in [0.15, 0.2) is 0 Å². The maximum absolute atomic E-state index is 13.2. The number of aryl methyl sites for hydroxylation is 1. The molecule has 1 fully saturated rings. The lowest BCUT2D eigenvalue weighted by Gasteiger charge is -2.33. The van der Waals surface area contributed by atoms with E-state index in [-0.39, 0.29) is 10.8 Å². The van der Waals surface area contributed by atoms with E-state index in [1.165, 1.54) is 16.6 Å². The quantitative estimate of drug-likeness (QED) is 0.606. The van der Waals surface area contributed by atoms with Crippen LogP contribution in [-0.4, -0.2) is 81.0 Å². The highest BCUT2D eigenvalue weighted by atomic mass is 32.2. The molecule has 1 saturated heterocycles. The molecule has 1 aromatic carbocycles. The minimum Gasteiger partial charge on any atom is -0.351 e. The molecule has 0 saturated carbocycles. The van der Waals surface area contributed by atoms with Crippen LogP contribution < -0.4 is 9.62 Å². The number of rotatable bonds is 8. The molecule has 174 valence electrons. The molecule has 2 aliphatic heterocycles. The third-order valence-corrected chi connectivity index (χ3v) is 8.27. The van der Waals surface area contributed by atoms with Crippen LogP contribution in [0.4, 0.5) is 5.69 Å². The first-order chi connectivity index (χ1) is 15.4. The average molecular weight is 460 g/mol. The Morgan fingerprint density at radius 1 is 1.06 bits per heavy atom. The summed E-state index contributed by atoms with van der Waals surface area (Å²) >= 11 is 0. The molecule has 0 atom stereocenters. The molecule has 3 heterocycles. The SMILES string of the molecule is CCN1CCN(CCCNC(=O)c2cc(S(=O)(=O)N3CCc4ccccc43)cn2C)CC1. The highest BCUT2D eigenvalue weighted by Crippen LogP contribution is 2.33. The van der Waals surface area contributed by atoms with Gasteiger partial charge in [-0.3, -0.25) is 9.10 Å². The van der Waals surface area contributed by atoms with Crippen LogP contribution in [0, 0.1) is 0 Å². The Labute approximate surface area is 190 Å². The average Bonchev–Trinajstić information content (AvgIpc) is 3.41. The van der Waals surface area contributed by atoms with Crippen molar-refractivity contribution in [3.8, 4) is 0 Å². The standard InChI is InChI=1S/C23H33N5O3S/c1-3-26-13-15-27(16-14-26)11-6-10-24-23(29)22-17-20(18-25(22)2)32(30,31)28-12-9-19-7-4-5-8-21(19)28/h4-5,7-8,17-18H,3,6,9-16H2,1-2H3,(H,24,29). The van der Waals surface area contributed by atoms with Crippen LogP contribution in [0.2, 0.25) is 0 Å². The highest BCUT2D eigenvalue weighted by molar-refractivity contribution is 7.92. The van der Waals surface area contributed by atoms with Crippen molar-refractivity contribution in [2.75, 3.05) is 56.7 Å². The van der Waals surface area contributed by atoms with Gasteiger partial charge in [-0.05, 0) is 43.6 Å². The van der Waals surface area contributed by atoms with Gasteiger partial charge in [0.25, 0.3) is 15.9 Å². The second kappa shape index (κ2) is 9.64. The number of likely N-dealkylation sites (N-methyl/N-ethyl adjacent to an activating group) is 1. The number of fused-ring (bicyclic) bond motifs is 1. The summed E-state index contributed by atoms with van der Waals surface area (Å²) in [6.07, 6.45) is 3.10. The number of piperazine rings is 1. The Morgan fingerprint density at radius 3 is 2.53 bits per heavy atom. The van der Waals surface area contributed by atoms with E-state index >= 15 is 0 Å². The third kappa shape index (κ3) is 4.69. The van der Waals surface area contributed by atoms with Gasteiger partial charge in [-0.15, -0.1) is 0 Å². The van der Waals surface area contributed by atoms with Crippen LogP contribution in [0.25, 0.3) is 0 Å². The van der Waals surface area contributed by atoms with Crippen LogP contribution in [0.5, 0.6) is 0 Å². The van der Waals surface area contributed by atoms with E-state index in [9.17, 15) is 13.2 Å². The molecule has 0 unspecified atom stereocenters. The van der Waals surface area contributed by atoms with E-state index in [1.54, 1.807) is 11.6 Å². The zero-order valence-corrected chi connectivity index (χ0v) is 19.8. The summed E-state index contributed by atoms with van der Waals surface area (Å²) in [6, 6.07) is 9.04. The Morgan fingerprint density at radius 2 is 1.78 bits per heavy atom. The molecule has 1 amide bonds. The first-order valence-corrected chi connectivity index (χ1v) is 12.8. The van der Waals surface area contributed by atoms with Crippen molar-refractivity contribution in [1.29, 1.82) is 0 Å². The molecule has 1 N–H and O–H groups in total. The summed E-state index contributed by atoms with van der Waals surface area (Å²) in [5.74, 6) is -0.244. The molecule has 4 rings (SSSR count). The molecule has 0 radical (unpaired) electrons. The molecule has 0 bridgehead atoms. The number of nitrogens with one attached hydrogen (secondary N) is 1. The van der Waals surface area contributed by atoms with Crippen molar-refractivity contribution in [3.05, 3.63) is 47.8 Å². The van der Waals surface area contributed by atoms with E-state index in [1.807, 2.05) is 24.3 Å². The molecule has 8 nitrogen and oxygen atoms in total. The molecule has 9 heteroatoms. The number of hydrogen-bond acceptors (Lipinski definition) is 5. The predicted octanol–water partition coefficient (Wildman–Crippen LogP) is 1.53. The smallest absolute Gasteiger partial charge is 0.267 e. The Balaban J connectivity index is 1.34. The number of carbonyl (C=O) groups excluding carboxylic acids is 1. The second-order valence-electron chi connectivity index (χ2n) is 8.51. The molecule has 1 aromatic heterocycles. The zero-order valence-electron chi connectivity index (χ0n) is 19.0. The van der Waals surface area contributed by atoms with Crippen LogP contribution in [0.3, 0.4) is 0 Å². The number of benzene rings is 1. The van der Waals surface area contributed by atoms with E-state index in [4.69, 9.17) is 0 Å². The van der Waals surface area contributed by atoms with Gasteiger partial charge in [-0.1, -0.05) is 25.1 Å². The van der Waals surface area contributed by atoms with Crippen LogP contribution in [0.1, 0.15) is 29.4 Å². The van der Waals surface area contributed by atoms with E-state index < -0.39 is 10.0 Å². The molecular weight excluding hydrogens is 426 g/mol. The van der Waals surface area contributed by atoms with Crippen molar-refractivity contribution in [3.63, 3.8) is 0 Å². The summed E-state index contributed by atoms with van der Waals surface area (Å²) in [5, 5.41) is 2.94. The van der Waals surface area contributed by atoms with Crippen molar-refractivity contribution in [2.45, 2.75) is 24.7 Å². The number of anilines is 1. The number of carbonyl (C=O) groups is 1. The van der Waals surface area contributed by atoms with E-state index in [0.29, 0.717) is 25.2 Å². The van der Waals surface area contributed by atoms with Crippen molar-refractivity contribution in [2.24, 2.45) is 7.05 Å².